The van der Waals surface area contributed by atoms with Gasteiger partial charge in [0.2, 0.25) is 10.0 Å². The number of primary sulfonamides is 1. The van der Waals surface area contributed by atoms with E-state index in [4.69, 9.17) is 32.8 Å². The SMILES string of the molecule is Fc1c(Cl)c(-c2ccccc2)cc2c(NCc3ccsc3)n[nH]c12.NS(=O)(=O)c1ccc(-c2ccc(CNc3n[nH]c4c(F)c(Cl)c(-c5ccccc5)cc34)o2)cc1. The van der Waals surface area contributed by atoms with Crippen LogP contribution in [0.3, 0.4) is 0 Å². The molecule has 4 heterocycles. The molecule has 0 unspecified atom stereocenters. The highest BCUT2D eigenvalue weighted by Gasteiger charge is 2.20. The lowest BCUT2D eigenvalue weighted by atomic mass is 10.0. The molecule has 0 atom stereocenters. The number of nitrogens with two attached hydrogens (primary N) is 1. The Hall–Kier alpha value is -6.03. The fourth-order valence-corrected chi connectivity index (χ4v) is 8.00. The van der Waals surface area contributed by atoms with E-state index in [1.807, 2.05) is 78.2 Å². The second-order valence-corrected chi connectivity index (χ2v) is 16.1. The number of aromatic nitrogens is 4. The molecule has 0 aliphatic carbocycles. The molecule has 9 rings (SSSR count). The van der Waals surface area contributed by atoms with Gasteiger partial charge in [-0.3, -0.25) is 10.2 Å². The zero-order chi connectivity index (χ0) is 40.4. The molecule has 58 heavy (non-hydrogen) atoms. The topological polar surface area (TPSA) is 155 Å². The third-order valence-electron chi connectivity index (χ3n) is 9.25. The van der Waals surface area contributed by atoms with Crippen molar-refractivity contribution in [3.8, 4) is 33.6 Å². The number of sulfonamides is 1. The summed E-state index contributed by atoms with van der Waals surface area (Å²) in [7, 11) is -3.76. The van der Waals surface area contributed by atoms with Crippen molar-refractivity contribution in [1.29, 1.82) is 0 Å². The highest BCUT2D eigenvalue weighted by atomic mass is 35.5. The normalized spacial score (nSPS) is 11.5. The molecule has 6 N–H and O–H groups in total. The van der Waals surface area contributed by atoms with Crippen LogP contribution in [-0.4, -0.2) is 28.8 Å². The van der Waals surface area contributed by atoms with Gasteiger partial charge in [-0.2, -0.15) is 21.5 Å². The summed E-state index contributed by atoms with van der Waals surface area (Å²) in [6, 6.07) is 34.2. The van der Waals surface area contributed by atoms with E-state index in [1.54, 1.807) is 41.7 Å². The van der Waals surface area contributed by atoms with Gasteiger partial charge in [-0.15, -0.1) is 0 Å². The van der Waals surface area contributed by atoms with Gasteiger partial charge in [-0.1, -0.05) is 83.9 Å². The second-order valence-electron chi connectivity index (χ2n) is 13.0. The maximum atomic E-state index is 14.9. The molecule has 0 saturated carbocycles. The van der Waals surface area contributed by atoms with E-state index in [1.165, 1.54) is 12.1 Å². The van der Waals surface area contributed by atoms with Crippen LogP contribution in [0.4, 0.5) is 20.4 Å². The Bertz CT molecular complexity index is 2980. The minimum atomic E-state index is -3.76. The van der Waals surface area contributed by atoms with E-state index in [0.29, 0.717) is 69.2 Å². The van der Waals surface area contributed by atoms with Crippen LogP contribution >= 0.6 is 34.5 Å². The van der Waals surface area contributed by atoms with Gasteiger partial charge in [0.25, 0.3) is 0 Å². The van der Waals surface area contributed by atoms with Crippen molar-refractivity contribution in [3.63, 3.8) is 0 Å². The molecule has 0 spiro atoms. The molecule has 16 heteroatoms. The van der Waals surface area contributed by atoms with Crippen molar-refractivity contribution in [3.05, 3.63) is 159 Å². The van der Waals surface area contributed by atoms with Crippen LogP contribution in [0.25, 0.3) is 55.4 Å². The molecule has 292 valence electrons. The first kappa shape index (κ1) is 38.8. The molecule has 10 nitrogen and oxygen atoms in total. The van der Waals surface area contributed by atoms with Crippen molar-refractivity contribution in [2.45, 2.75) is 18.0 Å². The fourth-order valence-electron chi connectivity index (χ4n) is 6.30. The number of thiophene rings is 1. The Morgan fingerprint density at radius 3 is 1.72 bits per heavy atom. The number of anilines is 2. The summed E-state index contributed by atoms with van der Waals surface area (Å²) >= 11 is 14.2. The first-order valence-corrected chi connectivity index (χ1v) is 20.8. The molecule has 0 saturated heterocycles. The molecular formula is C42H31Cl2F2N7O3S2. The Morgan fingerprint density at radius 1 is 0.690 bits per heavy atom. The van der Waals surface area contributed by atoms with Crippen molar-refractivity contribution >= 4 is 78.0 Å². The van der Waals surface area contributed by atoms with Gasteiger partial charge >= 0.3 is 0 Å². The van der Waals surface area contributed by atoms with E-state index in [9.17, 15) is 17.2 Å². The van der Waals surface area contributed by atoms with Crippen molar-refractivity contribution < 1.29 is 21.6 Å². The van der Waals surface area contributed by atoms with Crippen LogP contribution in [0, 0.1) is 11.6 Å². The first-order chi connectivity index (χ1) is 28.0. The monoisotopic (exact) mass is 853 g/mol. The second kappa shape index (κ2) is 16.4. The summed E-state index contributed by atoms with van der Waals surface area (Å²) < 4.78 is 58.3. The van der Waals surface area contributed by atoms with E-state index in [2.05, 4.69) is 36.4 Å². The van der Waals surface area contributed by atoms with Gasteiger partial charge in [0.15, 0.2) is 23.3 Å². The number of H-pyrrole nitrogens is 2. The van der Waals surface area contributed by atoms with Crippen LogP contribution in [0.15, 0.2) is 135 Å². The summed E-state index contributed by atoms with van der Waals surface area (Å²) in [6.07, 6.45) is 0. The van der Waals surface area contributed by atoms with E-state index < -0.39 is 21.7 Å². The quantitative estimate of drug-likeness (QED) is 0.0917. The molecule has 0 aliphatic heterocycles. The number of hydrogen-bond acceptors (Lipinski definition) is 8. The van der Waals surface area contributed by atoms with Gasteiger partial charge in [0.1, 0.15) is 22.6 Å². The van der Waals surface area contributed by atoms with Gasteiger partial charge in [-0.25, -0.2) is 22.3 Å². The van der Waals surface area contributed by atoms with Crippen LogP contribution in [-0.2, 0) is 23.1 Å². The fraction of sp³-hybridized carbons (Fsp3) is 0.0476. The molecule has 0 radical (unpaired) electrons. The molecule has 0 fully saturated rings. The van der Waals surface area contributed by atoms with Crippen LogP contribution in [0.1, 0.15) is 11.3 Å². The minimum Gasteiger partial charge on any atom is -0.459 e. The highest BCUT2D eigenvalue weighted by Crippen LogP contribution is 2.38. The first-order valence-electron chi connectivity index (χ1n) is 17.6. The van der Waals surface area contributed by atoms with Gasteiger partial charge in [0.05, 0.1) is 21.5 Å². The number of nitrogens with zero attached hydrogens (tertiary/aromatic N) is 2. The Labute approximate surface area is 344 Å². The standard InChI is InChI=1S/C24H18ClFN4O3S.C18H13ClFN3S/c25-21-18(14-4-2-1-3-5-14)12-19-23(22(21)26)29-30-24(19)28-13-16-8-11-20(33-16)15-6-9-17(10-7-15)34(27,31)32;19-15-13(12-4-2-1-3-5-12)8-14-17(16(15)20)22-23-18(14)21-9-11-6-7-24-10-11/h1-12H,13H2,(H2,27,31,32)(H2,28,29,30);1-8,10H,9H2,(H2,21,22,23). The van der Waals surface area contributed by atoms with Crippen molar-refractivity contribution in [1.82, 2.24) is 20.4 Å². The van der Waals surface area contributed by atoms with E-state index in [-0.39, 0.29) is 20.5 Å². The van der Waals surface area contributed by atoms with E-state index in [0.717, 1.165) is 16.7 Å². The predicted molar refractivity (Wildman–Crippen MR) is 227 cm³/mol. The largest absolute Gasteiger partial charge is 0.459 e. The number of nitrogens with one attached hydrogen (secondary N) is 4. The van der Waals surface area contributed by atoms with Crippen molar-refractivity contribution in [2.24, 2.45) is 5.14 Å². The predicted octanol–water partition coefficient (Wildman–Crippen LogP) is 11.2. The number of fused-ring (bicyclic) bond motifs is 2. The number of hydrogen-bond donors (Lipinski definition) is 5. The van der Waals surface area contributed by atoms with E-state index >= 15 is 0 Å². The summed E-state index contributed by atoms with van der Waals surface area (Å²) in [6.45, 7) is 0.925. The summed E-state index contributed by atoms with van der Waals surface area (Å²) in [5.41, 5.74) is 5.27. The number of halogens is 4. The summed E-state index contributed by atoms with van der Waals surface area (Å²) in [5, 5.41) is 30.8. The zero-order valence-corrected chi connectivity index (χ0v) is 33.2. The molecule has 0 amide bonds. The lowest BCUT2D eigenvalue weighted by molar-refractivity contribution is 0.531. The van der Waals surface area contributed by atoms with Gasteiger partial charge < -0.3 is 15.1 Å². The maximum Gasteiger partial charge on any atom is 0.238 e. The molecule has 5 aromatic carbocycles. The maximum absolute atomic E-state index is 14.9. The third kappa shape index (κ3) is 8.05. The third-order valence-corrected chi connectivity index (χ3v) is 11.7. The summed E-state index contributed by atoms with van der Waals surface area (Å²) in [5.74, 6) is 1.20. The molecular weight excluding hydrogens is 824 g/mol. The highest BCUT2D eigenvalue weighted by molar-refractivity contribution is 7.89. The van der Waals surface area contributed by atoms with Crippen molar-refractivity contribution in [2.75, 3.05) is 10.6 Å². The molecule has 0 aliphatic rings. The average molecular weight is 855 g/mol. The zero-order valence-electron chi connectivity index (χ0n) is 30.1. The molecule has 9 aromatic rings. The van der Waals surface area contributed by atoms with Crippen LogP contribution < -0.4 is 15.8 Å². The van der Waals surface area contributed by atoms with Gasteiger partial charge in [-0.05, 0) is 82.0 Å². The Kier molecular flexibility index (Phi) is 11.0. The minimum absolute atomic E-state index is 0.0253. The number of rotatable bonds is 10. The van der Waals surface area contributed by atoms with Gasteiger partial charge in [0, 0.05) is 34.0 Å². The number of benzene rings is 5. The smallest absolute Gasteiger partial charge is 0.238 e. The average Bonchev–Trinajstić information content (AvgIpc) is 4.08. The lowest BCUT2D eigenvalue weighted by Gasteiger charge is -2.08. The lowest BCUT2D eigenvalue weighted by Crippen LogP contribution is -2.11. The molecule has 0 bridgehead atoms. The summed E-state index contributed by atoms with van der Waals surface area (Å²) in [4.78, 5) is 0.0253. The number of aromatic amines is 2. The van der Waals surface area contributed by atoms with Crippen LogP contribution in [0.5, 0.6) is 0 Å². The number of furan rings is 1. The Morgan fingerprint density at radius 2 is 1.22 bits per heavy atom. The molecule has 4 aromatic heterocycles. The van der Waals surface area contributed by atoms with Crippen LogP contribution in [0.2, 0.25) is 10.0 Å². The Balaban J connectivity index is 0.000000172.